The fourth-order valence-corrected chi connectivity index (χ4v) is 5.74. The van der Waals surface area contributed by atoms with Gasteiger partial charge in [0.2, 0.25) is 5.95 Å². The van der Waals surface area contributed by atoms with Gasteiger partial charge in [0.1, 0.15) is 16.8 Å². The summed E-state index contributed by atoms with van der Waals surface area (Å²) in [5.41, 5.74) is 2.90. The Balaban J connectivity index is 1.46. The maximum atomic E-state index is 13.1. The predicted molar refractivity (Wildman–Crippen MR) is 142 cm³/mol. The van der Waals surface area contributed by atoms with Crippen molar-refractivity contribution < 1.29 is 14.3 Å². The lowest BCUT2D eigenvalue weighted by Gasteiger charge is -2.28. The number of esters is 1. The van der Waals surface area contributed by atoms with Crippen LogP contribution in [0.15, 0.2) is 70.2 Å². The number of carbonyl (C=O) groups excluding carboxylic acids is 1. The lowest BCUT2D eigenvalue weighted by Crippen LogP contribution is -2.31. The number of aromatic nitrogens is 6. The summed E-state index contributed by atoms with van der Waals surface area (Å²) in [6.45, 7) is 2.74. The van der Waals surface area contributed by atoms with E-state index in [0.29, 0.717) is 29.6 Å². The number of anilines is 1. The highest BCUT2D eigenvalue weighted by atomic mass is 32.2. The number of rotatable bonds is 10. The number of unbranched alkanes of at least 4 members (excludes halogenated alkanes) is 1. The highest BCUT2D eigenvalue weighted by Crippen LogP contribution is 2.38. The van der Waals surface area contributed by atoms with E-state index in [9.17, 15) is 4.79 Å². The average Bonchev–Trinajstić information content (AvgIpc) is 3.61. The molecule has 5 rings (SSSR count). The number of benzene rings is 2. The molecule has 1 atom stereocenters. The van der Waals surface area contributed by atoms with Crippen LogP contribution in [0.25, 0.3) is 10.6 Å². The van der Waals surface area contributed by atoms with E-state index in [-0.39, 0.29) is 0 Å². The van der Waals surface area contributed by atoms with E-state index in [1.165, 1.54) is 30.2 Å². The summed E-state index contributed by atoms with van der Waals surface area (Å²) in [5, 5.41) is 24.8. The smallest absolute Gasteiger partial charge is 0.338 e. The molecule has 0 saturated heterocycles. The highest BCUT2D eigenvalue weighted by Gasteiger charge is 2.36. The number of methoxy groups -OCH3 is 1. The molecule has 0 radical (unpaired) electrons. The summed E-state index contributed by atoms with van der Waals surface area (Å²) in [6, 6.07) is 17.0. The summed E-state index contributed by atoms with van der Waals surface area (Å²) in [6.07, 6.45) is 2.00. The van der Waals surface area contributed by atoms with Gasteiger partial charge in [0.15, 0.2) is 4.34 Å². The minimum atomic E-state index is -0.585. The Morgan fingerprint density at radius 2 is 2.00 bits per heavy atom. The maximum absolute atomic E-state index is 13.1. The van der Waals surface area contributed by atoms with Crippen molar-refractivity contribution in [2.75, 3.05) is 24.8 Å². The van der Waals surface area contributed by atoms with Gasteiger partial charge in [0.25, 0.3) is 0 Å². The molecule has 0 saturated carbocycles. The Morgan fingerprint density at radius 3 is 2.81 bits per heavy atom. The fraction of sp³-hybridized carbons (Fsp3) is 0.280. The van der Waals surface area contributed by atoms with Crippen LogP contribution in [0.5, 0.6) is 5.75 Å². The molecule has 1 aliphatic heterocycles. The van der Waals surface area contributed by atoms with Crippen molar-refractivity contribution >= 4 is 35.0 Å². The van der Waals surface area contributed by atoms with Crippen LogP contribution in [0.1, 0.15) is 31.4 Å². The van der Waals surface area contributed by atoms with Crippen LogP contribution in [0, 0.1) is 0 Å². The van der Waals surface area contributed by atoms with Gasteiger partial charge >= 0.3 is 5.97 Å². The van der Waals surface area contributed by atoms with Crippen molar-refractivity contribution in [3.63, 3.8) is 0 Å². The standard InChI is InChI=1S/C25H25N7O3S2/c1-3-4-13-35-18-12-8-11-17(14-18)21-20(23(33)34-2)19(26-24-28-30-31-32(21)24)15-36-25-29-27-22(37-25)16-9-6-5-7-10-16/h5-12,14,21H,3-4,13,15H2,1-2H3,(H,26,28,31). The summed E-state index contributed by atoms with van der Waals surface area (Å²) in [7, 11) is 1.37. The Hall–Kier alpha value is -3.77. The Labute approximate surface area is 222 Å². The van der Waals surface area contributed by atoms with Crippen LogP contribution in [-0.4, -0.2) is 55.8 Å². The van der Waals surface area contributed by atoms with Crippen molar-refractivity contribution in [2.45, 2.75) is 30.1 Å². The molecule has 2 aromatic heterocycles. The first kappa shape index (κ1) is 24.9. The summed E-state index contributed by atoms with van der Waals surface area (Å²) in [5.74, 6) is 1.12. The van der Waals surface area contributed by atoms with E-state index in [4.69, 9.17) is 9.47 Å². The van der Waals surface area contributed by atoms with Gasteiger partial charge in [-0.25, -0.2) is 4.79 Å². The van der Waals surface area contributed by atoms with Crippen LogP contribution in [0.2, 0.25) is 0 Å². The summed E-state index contributed by atoms with van der Waals surface area (Å²) < 4.78 is 13.5. The molecule has 0 spiro atoms. The molecule has 1 aliphatic rings. The molecule has 37 heavy (non-hydrogen) atoms. The number of carbonyl (C=O) groups is 1. The molecule has 2 aromatic carbocycles. The molecule has 0 amide bonds. The molecule has 190 valence electrons. The van der Waals surface area contributed by atoms with Crippen LogP contribution < -0.4 is 10.1 Å². The lowest BCUT2D eigenvalue weighted by atomic mass is 9.95. The third-order valence-electron chi connectivity index (χ3n) is 5.71. The number of ether oxygens (including phenoxy) is 2. The number of tetrazole rings is 1. The van der Waals surface area contributed by atoms with Gasteiger partial charge in [-0.2, -0.15) is 4.68 Å². The molecule has 12 heteroatoms. The number of nitrogens with one attached hydrogen (secondary N) is 1. The van der Waals surface area contributed by atoms with Crippen LogP contribution in [-0.2, 0) is 9.53 Å². The zero-order valence-corrected chi connectivity index (χ0v) is 22.0. The summed E-state index contributed by atoms with van der Waals surface area (Å²) >= 11 is 2.98. The van der Waals surface area contributed by atoms with Crippen molar-refractivity contribution in [1.82, 2.24) is 30.4 Å². The van der Waals surface area contributed by atoms with Crippen molar-refractivity contribution in [1.29, 1.82) is 0 Å². The Bertz CT molecular complexity index is 1400. The Kier molecular flexibility index (Phi) is 7.76. The minimum Gasteiger partial charge on any atom is -0.494 e. The van der Waals surface area contributed by atoms with Crippen LogP contribution >= 0.6 is 23.1 Å². The molecule has 4 aromatic rings. The second-order valence-electron chi connectivity index (χ2n) is 8.16. The van der Waals surface area contributed by atoms with E-state index in [2.05, 4.69) is 38.0 Å². The van der Waals surface area contributed by atoms with Crippen LogP contribution in [0.3, 0.4) is 0 Å². The van der Waals surface area contributed by atoms with E-state index >= 15 is 0 Å². The van der Waals surface area contributed by atoms with Gasteiger partial charge < -0.3 is 14.8 Å². The molecule has 0 aliphatic carbocycles. The zero-order chi connectivity index (χ0) is 25.6. The third-order valence-corrected chi connectivity index (χ3v) is 7.84. The van der Waals surface area contributed by atoms with E-state index in [1.807, 2.05) is 54.6 Å². The van der Waals surface area contributed by atoms with Crippen molar-refractivity contribution in [2.24, 2.45) is 0 Å². The highest BCUT2D eigenvalue weighted by molar-refractivity contribution is 8.01. The minimum absolute atomic E-state index is 0.421. The average molecular weight is 536 g/mol. The SMILES string of the molecule is CCCCOc1cccc(C2C(C(=O)OC)=C(CSc3nnc(-c4ccccc4)s3)Nc3nnnn32)c1. The van der Waals surface area contributed by atoms with Gasteiger partial charge in [-0.3, -0.25) is 0 Å². The first-order valence-corrected chi connectivity index (χ1v) is 13.6. The Morgan fingerprint density at radius 1 is 1.14 bits per heavy atom. The predicted octanol–water partition coefficient (Wildman–Crippen LogP) is 4.60. The second kappa shape index (κ2) is 11.5. The van der Waals surface area contributed by atoms with E-state index in [0.717, 1.165) is 39.1 Å². The number of nitrogens with zero attached hydrogens (tertiary/aromatic N) is 6. The van der Waals surface area contributed by atoms with Crippen molar-refractivity contribution in [3.8, 4) is 16.3 Å². The third kappa shape index (κ3) is 5.49. The zero-order valence-electron chi connectivity index (χ0n) is 20.3. The number of hydrogen-bond donors (Lipinski definition) is 1. The monoisotopic (exact) mass is 535 g/mol. The van der Waals surface area contributed by atoms with Gasteiger partial charge in [-0.1, -0.05) is 84.0 Å². The molecular weight excluding hydrogens is 510 g/mol. The molecule has 3 heterocycles. The second-order valence-corrected chi connectivity index (χ2v) is 10.4. The quantitative estimate of drug-likeness (QED) is 0.175. The number of thioether (sulfide) groups is 1. The molecular formula is C25H25N7O3S2. The molecule has 1 unspecified atom stereocenters. The van der Waals surface area contributed by atoms with Gasteiger partial charge in [0.05, 0.1) is 19.3 Å². The number of hydrogen-bond acceptors (Lipinski definition) is 11. The molecule has 0 fully saturated rings. The molecule has 1 N–H and O–H groups in total. The van der Waals surface area contributed by atoms with Gasteiger partial charge in [-0.15, -0.1) is 10.2 Å². The fourth-order valence-electron chi connectivity index (χ4n) is 3.91. The van der Waals surface area contributed by atoms with Gasteiger partial charge in [-0.05, 0) is 34.5 Å². The first-order valence-electron chi connectivity index (χ1n) is 11.8. The maximum Gasteiger partial charge on any atom is 0.338 e. The van der Waals surface area contributed by atoms with Crippen LogP contribution in [0.4, 0.5) is 5.95 Å². The van der Waals surface area contributed by atoms with E-state index in [1.54, 1.807) is 4.68 Å². The normalized spacial score (nSPS) is 14.7. The number of fused-ring (bicyclic) bond motifs is 1. The molecule has 0 bridgehead atoms. The van der Waals surface area contributed by atoms with Gasteiger partial charge in [0, 0.05) is 17.0 Å². The molecule has 10 nitrogen and oxygen atoms in total. The van der Waals surface area contributed by atoms with E-state index < -0.39 is 12.0 Å². The summed E-state index contributed by atoms with van der Waals surface area (Å²) in [4.78, 5) is 13.1. The lowest BCUT2D eigenvalue weighted by molar-refractivity contribution is -0.136. The largest absolute Gasteiger partial charge is 0.494 e. The topological polar surface area (TPSA) is 117 Å². The first-order chi connectivity index (χ1) is 18.2. The van der Waals surface area contributed by atoms with Crippen molar-refractivity contribution in [3.05, 3.63) is 71.4 Å².